The Morgan fingerprint density at radius 3 is 2.38 bits per heavy atom. The van der Waals surface area contributed by atoms with Gasteiger partial charge in [0.15, 0.2) is 0 Å². The van der Waals surface area contributed by atoms with Crippen molar-refractivity contribution in [2.24, 2.45) is 5.92 Å². The van der Waals surface area contributed by atoms with Gasteiger partial charge in [0.05, 0.1) is 6.10 Å². The first kappa shape index (κ1) is 13.2. The van der Waals surface area contributed by atoms with Gasteiger partial charge in [-0.05, 0) is 55.7 Å². The maximum atomic E-state index is 9.70. The molecule has 1 heteroatoms. The second-order valence-corrected chi connectivity index (χ2v) is 5.12. The Hall–Kier alpha value is -0.820. The van der Waals surface area contributed by atoms with E-state index in [2.05, 4.69) is 45.9 Å². The minimum absolute atomic E-state index is 0.147. The Kier molecular flexibility index (Phi) is 5.01. The molecule has 1 aromatic carbocycles. The molecule has 0 aliphatic heterocycles. The Bertz CT molecular complexity index is 328. The monoisotopic (exact) mass is 220 g/mol. The molecular weight excluding hydrogens is 196 g/mol. The van der Waals surface area contributed by atoms with E-state index in [1.165, 1.54) is 16.7 Å². The van der Waals surface area contributed by atoms with Gasteiger partial charge in [0.1, 0.15) is 0 Å². The average molecular weight is 220 g/mol. The highest BCUT2D eigenvalue weighted by atomic mass is 16.3. The highest BCUT2D eigenvalue weighted by molar-refractivity contribution is 5.29. The van der Waals surface area contributed by atoms with Crippen molar-refractivity contribution in [3.63, 3.8) is 0 Å². The first-order chi connectivity index (χ1) is 7.50. The van der Waals surface area contributed by atoms with Crippen molar-refractivity contribution in [3.05, 3.63) is 34.9 Å². The number of aliphatic hydroxyl groups is 1. The molecule has 1 unspecified atom stereocenters. The van der Waals surface area contributed by atoms with Crippen LogP contribution in [0.1, 0.15) is 43.4 Å². The zero-order chi connectivity index (χ0) is 12.1. The van der Waals surface area contributed by atoms with E-state index in [4.69, 9.17) is 0 Å². The SMILES string of the molecule is Cc1ccc(CCCC(O)C(C)C)cc1C. The summed E-state index contributed by atoms with van der Waals surface area (Å²) in [7, 11) is 0. The van der Waals surface area contributed by atoms with Crippen molar-refractivity contribution in [2.45, 2.75) is 53.1 Å². The predicted octanol–water partition coefficient (Wildman–Crippen LogP) is 3.64. The maximum Gasteiger partial charge on any atom is 0.0563 e. The Balaban J connectivity index is 2.40. The third-order valence-electron chi connectivity index (χ3n) is 3.31. The third kappa shape index (κ3) is 3.97. The summed E-state index contributed by atoms with van der Waals surface area (Å²) in [6, 6.07) is 6.64. The lowest BCUT2D eigenvalue weighted by Gasteiger charge is -2.14. The lowest BCUT2D eigenvalue weighted by atomic mass is 9.98. The van der Waals surface area contributed by atoms with Gasteiger partial charge in [-0.15, -0.1) is 0 Å². The largest absolute Gasteiger partial charge is 0.393 e. The van der Waals surface area contributed by atoms with E-state index in [0.717, 1.165) is 19.3 Å². The van der Waals surface area contributed by atoms with Gasteiger partial charge >= 0.3 is 0 Å². The van der Waals surface area contributed by atoms with Crippen LogP contribution in [0.2, 0.25) is 0 Å². The van der Waals surface area contributed by atoms with Gasteiger partial charge in [-0.25, -0.2) is 0 Å². The summed E-state index contributed by atoms with van der Waals surface area (Å²) >= 11 is 0. The molecule has 90 valence electrons. The second kappa shape index (κ2) is 6.05. The molecule has 1 aromatic rings. The molecule has 16 heavy (non-hydrogen) atoms. The van der Waals surface area contributed by atoms with Gasteiger partial charge in [-0.2, -0.15) is 0 Å². The zero-order valence-corrected chi connectivity index (χ0v) is 11.0. The van der Waals surface area contributed by atoms with Gasteiger partial charge in [-0.3, -0.25) is 0 Å². The highest BCUT2D eigenvalue weighted by Gasteiger charge is 2.08. The summed E-state index contributed by atoms with van der Waals surface area (Å²) in [6.07, 6.45) is 2.91. The van der Waals surface area contributed by atoms with E-state index in [0.29, 0.717) is 5.92 Å². The number of aliphatic hydroxyl groups excluding tert-OH is 1. The fourth-order valence-corrected chi connectivity index (χ4v) is 1.81. The number of hydrogen-bond donors (Lipinski definition) is 1. The molecule has 1 nitrogen and oxygen atoms in total. The molecule has 0 aromatic heterocycles. The number of hydrogen-bond acceptors (Lipinski definition) is 1. The van der Waals surface area contributed by atoms with Gasteiger partial charge in [0.25, 0.3) is 0 Å². The number of rotatable bonds is 5. The van der Waals surface area contributed by atoms with Crippen LogP contribution in [0.25, 0.3) is 0 Å². The molecule has 0 heterocycles. The summed E-state index contributed by atoms with van der Waals surface area (Å²) < 4.78 is 0. The van der Waals surface area contributed by atoms with E-state index >= 15 is 0 Å². The molecule has 0 aliphatic carbocycles. The van der Waals surface area contributed by atoms with Crippen LogP contribution in [0.4, 0.5) is 0 Å². The molecule has 0 bridgehead atoms. The molecule has 1 rings (SSSR count). The topological polar surface area (TPSA) is 20.2 Å². The van der Waals surface area contributed by atoms with Crippen LogP contribution in [-0.2, 0) is 6.42 Å². The van der Waals surface area contributed by atoms with Gasteiger partial charge in [0.2, 0.25) is 0 Å². The molecule has 0 aliphatic rings. The molecule has 1 N–H and O–H groups in total. The average Bonchev–Trinajstić information content (AvgIpc) is 2.23. The van der Waals surface area contributed by atoms with Crippen LogP contribution >= 0.6 is 0 Å². The van der Waals surface area contributed by atoms with E-state index in [1.54, 1.807) is 0 Å². The lowest BCUT2D eigenvalue weighted by Crippen LogP contribution is -2.14. The van der Waals surface area contributed by atoms with Crippen LogP contribution in [0, 0.1) is 19.8 Å². The molecule has 1 atom stereocenters. The van der Waals surface area contributed by atoms with Crippen molar-refractivity contribution in [3.8, 4) is 0 Å². The van der Waals surface area contributed by atoms with Crippen molar-refractivity contribution in [2.75, 3.05) is 0 Å². The third-order valence-corrected chi connectivity index (χ3v) is 3.31. The van der Waals surface area contributed by atoms with Gasteiger partial charge in [0, 0.05) is 0 Å². The molecule has 0 radical (unpaired) electrons. The first-order valence-electron chi connectivity index (χ1n) is 6.25. The van der Waals surface area contributed by atoms with Gasteiger partial charge in [-0.1, -0.05) is 32.0 Å². The molecule has 0 amide bonds. The van der Waals surface area contributed by atoms with E-state index in [9.17, 15) is 5.11 Å². The van der Waals surface area contributed by atoms with Crippen LogP contribution < -0.4 is 0 Å². The minimum Gasteiger partial charge on any atom is -0.393 e. The highest BCUT2D eigenvalue weighted by Crippen LogP contribution is 2.14. The standard InChI is InChI=1S/C15H24O/c1-11(2)15(16)7-5-6-14-9-8-12(3)13(4)10-14/h8-11,15-16H,5-7H2,1-4H3. The van der Waals surface area contributed by atoms with E-state index in [-0.39, 0.29) is 6.10 Å². The summed E-state index contributed by atoms with van der Waals surface area (Å²) in [5.74, 6) is 0.375. The van der Waals surface area contributed by atoms with Crippen molar-refractivity contribution in [1.29, 1.82) is 0 Å². The van der Waals surface area contributed by atoms with Crippen LogP contribution in [0.3, 0.4) is 0 Å². The Morgan fingerprint density at radius 1 is 1.12 bits per heavy atom. The van der Waals surface area contributed by atoms with Crippen molar-refractivity contribution in [1.82, 2.24) is 0 Å². The number of aryl methyl sites for hydroxylation is 3. The fourth-order valence-electron chi connectivity index (χ4n) is 1.81. The number of benzene rings is 1. The smallest absolute Gasteiger partial charge is 0.0563 e. The zero-order valence-electron chi connectivity index (χ0n) is 11.0. The normalized spacial score (nSPS) is 13.1. The summed E-state index contributed by atoms with van der Waals surface area (Å²) in [5.41, 5.74) is 4.10. The van der Waals surface area contributed by atoms with E-state index < -0.39 is 0 Å². The van der Waals surface area contributed by atoms with Gasteiger partial charge < -0.3 is 5.11 Å². The fraction of sp³-hybridized carbons (Fsp3) is 0.600. The lowest BCUT2D eigenvalue weighted by molar-refractivity contribution is 0.114. The minimum atomic E-state index is -0.147. The van der Waals surface area contributed by atoms with E-state index in [1.807, 2.05) is 0 Å². The van der Waals surface area contributed by atoms with Crippen LogP contribution in [0.5, 0.6) is 0 Å². The summed E-state index contributed by atoms with van der Waals surface area (Å²) in [6.45, 7) is 8.44. The Labute approximate surface area is 99.5 Å². The summed E-state index contributed by atoms with van der Waals surface area (Å²) in [4.78, 5) is 0. The van der Waals surface area contributed by atoms with Crippen molar-refractivity contribution < 1.29 is 5.11 Å². The predicted molar refractivity (Wildman–Crippen MR) is 69.7 cm³/mol. The quantitative estimate of drug-likeness (QED) is 0.803. The molecular formula is C15H24O. The second-order valence-electron chi connectivity index (χ2n) is 5.12. The first-order valence-corrected chi connectivity index (χ1v) is 6.25. The molecule has 0 saturated heterocycles. The van der Waals surface area contributed by atoms with Crippen LogP contribution in [-0.4, -0.2) is 11.2 Å². The maximum absolute atomic E-state index is 9.70. The molecule has 0 spiro atoms. The molecule has 0 fully saturated rings. The van der Waals surface area contributed by atoms with Crippen molar-refractivity contribution >= 4 is 0 Å². The Morgan fingerprint density at radius 2 is 1.81 bits per heavy atom. The van der Waals surface area contributed by atoms with Crippen LogP contribution in [0.15, 0.2) is 18.2 Å². The summed E-state index contributed by atoms with van der Waals surface area (Å²) in [5, 5.41) is 9.70. The molecule has 0 saturated carbocycles.